The molecule has 1 aromatic heterocycles. The van der Waals surface area contributed by atoms with Crippen molar-refractivity contribution in [2.24, 2.45) is 0 Å². The fraction of sp³-hybridized carbons (Fsp3) is 0.444. The van der Waals surface area contributed by atoms with Crippen LogP contribution in [0.2, 0.25) is 0 Å². The maximum atomic E-state index is 10.2. The first-order chi connectivity index (χ1) is 10.6. The molecule has 0 amide bonds. The van der Waals surface area contributed by atoms with Crippen molar-refractivity contribution in [2.75, 3.05) is 6.61 Å². The van der Waals surface area contributed by atoms with Crippen LogP contribution in [0.5, 0.6) is 11.5 Å². The second-order valence-corrected chi connectivity index (χ2v) is 6.43. The molecule has 0 spiro atoms. The summed E-state index contributed by atoms with van der Waals surface area (Å²) in [6, 6.07) is 9.95. The lowest BCUT2D eigenvalue weighted by Crippen LogP contribution is -2.07. The first-order valence-electron chi connectivity index (χ1n) is 7.74. The third-order valence-electron chi connectivity index (χ3n) is 3.25. The van der Waals surface area contributed by atoms with Gasteiger partial charge in [0.1, 0.15) is 0 Å². The molecule has 1 unspecified atom stereocenters. The highest BCUT2D eigenvalue weighted by Crippen LogP contribution is 2.31. The molecular weight excluding hydrogens is 296 g/mol. The Balaban J connectivity index is 2.03. The van der Waals surface area contributed by atoms with Gasteiger partial charge in [0.2, 0.25) is 0 Å². The smallest absolute Gasteiger partial charge is 0.161 e. The Hall–Kier alpha value is -1.52. The van der Waals surface area contributed by atoms with Crippen molar-refractivity contribution in [3.05, 3.63) is 46.2 Å². The Kier molecular flexibility index (Phi) is 6.28. The molecule has 2 rings (SSSR count). The molecule has 0 fully saturated rings. The summed E-state index contributed by atoms with van der Waals surface area (Å²) in [5.74, 6) is 1.55. The van der Waals surface area contributed by atoms with E-state index in [1.165, 1.54) is 0 Å². The zero-order chi connectivity index (χ0) is 15.9. The summed E-state index contributed by atoms with van der Waals surface area (Å²) in [6.45, 7) is 6.57. The van der Waals surface area contributed by atoms with Crippen LogP contribution in [0.1, 0.15) is 43.7 Å². The fourth-order valence-electron chi connectivity index (χ4n) is 2.25. The molecule has 0 aliphatic carbocycles. The van der Waals surface area contributed by atoms with Crippen LogP contribution in [0.15, 0.2) is 35.7 Å². The van der Waals surface area contributed by atoms with E-state index in [9.17, 15) is 5.11 Å². The number of aliphatic hydroxyl groups is 1. The summed E-state index contributed by atoms with van der Waals surface area (Å²) in [4.78, 5) is 1.02. The molecule has 120 valence electrons. The van der Waals surface area contributed by atoms with Crippen LogP contribution in [0, 0.1) is 0 Å². The average molecular weight is 320 g/mol. The lowest BCUT2D eigenvalue weighted by molar-refractivity contribution is 0.171. The van der Waals surface area contributed by atoms with Crippen LogP contribution in [0.25, 0.3) is 0 Å². The number of aliphatic hydroxyl groups excluding tert-OH is 1. The van der Waals surface area contributed by atoms with E-state index in [2.05, 4.69) is 0 Å². The second-order valence-electron chi connectivity index (χ2n) is 5.45. The van der Waals surface area contributed by atoms with E-state index in [4.69, 9.17) is 9.47 Å². The third kappa shape index (κ3) is 4.75. The summed E-state index contributed by atoms with van der Waals surface area (Å²) in [5, 5.41) is 12.2. The van der Waals surface area contributed by atoms with E-state index in [0.29, 0.717) is 13.0 Å². The molecule has 1 heterocycles. The Bertz CT molecular complexity index is 564. The topological polar surface area (TPSA) is 38.7 Å². The maximum absolute atomic E-state index is 10.2. The Morgan fingerprint density at radius 2 is 2.00 bits per heavy atom. The molecule has 0 aliphatic rings. The minimum absolute atomic E-state index is 0.116. The van der Waals surface area contributed by atoms with Gasteiger partial charge < -0.3 is 14.6 Å². The van der Waals surface area contributed by atoms with E-state index in [0.717, 1.165) is 28.4 Å². The summed E-state index contributed by atoms with van der Waals surface area (Å²) in [6.07, 6.45) is 1.23. The Labute approximate surface area is 136 Å². The van der Waals surface area contributed by atoms with Crippen LogP contribution in [0.4, 0.5) is 0 Å². The van der Waals surface area contributed by atoms with Crippen molar-refractivity contribution < 1.29 is 14.6 Å². The summed E-state index contributed by atoms with van der Waals surface area (Å²) < 4.78 is 11.4. The summed E-state index contributed by atoms with van der Waals surface area (Å²) in [5.41, 5.74) is 1.15. The number of benzene rings is 1. The van der Waals surface area contributed by atoms with Crippen molar-refractivity contribution in [2.45, 2.75) is 45.8 Å². The van der Waals surface area contributed by atoms with Gasteiger partial charge in [0, 0.05) is 4.88 Å². The van der Waals surface area contributed by atoms with Crippen LogP contribution in [-0.4, -0.2) is 17.8 Å². The normalized spacial score (nSPS) is 12.4. The molecule has 1 atom stereocenters. The van der Waals surface area contributed by atoms with Gasteiger partial charge in [-0.15, -0.1) is 11.3 Å². The van der Waals surface area contributed by atoms with Crippen LogP contribution < -0.4 is 9.47 Å². The summed E-state index contributed by atoms with van der Waals surface area (Å²) >= 11 is 1.59. The lowest BCUT2D eigenvalue weighted by Gasteiger charge is -2.16. The minimum Gasteiger partial charge on any atom is -0.490 e. The van der Waals surface area contributed by atoms with Gasteiger partial charge in [-0.3, -0.25) is 0 Å². The standard InChI is InChI=1S/C18H24O3S/c1-4-20-17-12-14(8-10-16(17)21-13(2)3)7-9-15(19)18-6-5-11-22-18/h5-6,8,10-13,15,19H,4,7,9H2,1-3H3. The van der Waals surface area contributed by atoms with Crippen LogP contribution in [0.3, 0.4) is 0 Å². The highest BCUT2D eigenvalue weighted by molar-refractivity contribution is 7.10. The van der Waals surface area contributed by atoms with Crippen LogP contribution in [-0.2, 0) is 6.42 Å². The predicted molar refractivity (Wildman–Crippen MR) is 91.0 cm³/mol. The Morgan fingerprint density at radius 3 is 2.64 bits per heavy atom. The molecule has 22 heavy (non-hydrogen) atoms. The van der Waals surface area contributed by atoms with Crippen molar-refractivity contribution in [1.29, 1.82) is 0 Å². The molecule has 4 heteroatoms. The molecule has 3 nitrogen and oxygen atoms in total. The van der Waals surface area contributed by atoms with Gasteiger partial charge in [0.25, 0.3) is 0 Å². The quantitative estimate of drug-likeness (QED) is 0.772. The van der Waals surface area contributed by atoms with Gasteiger partial charge in [-0.2, -0.15) is 0 Å². The van der Waals surface area contributed by atoms with Crippen molar-refractivity contribution >= 4 is 11.3 Å². The number of ether oxygens (including phenoxy) is 2. The van der Waals surface area contributed by atoms with Gasteiger partial charge in [0.15, 0.2) is 11.5 Å². The Morgan fingerprint density at radius 1 is 1.18 bits per heavy atom. The number of aryl methyl sites for hydroxylation is 1. The lowest BCUT2D eigenvalue weighted by atomic mass is 10.1. The van der Waals surface area contributed by atoms with Crippen molar-refractivity contribution in [3.63, 3.8) is 0 Å². The molecule has 0 bridgehead atoms. The zero-order valence-corrected chi connectivity index (χ0v) is 14.2. The first kappa shape index (κ1) is 16.8. The predicted octanol–water partition coefficient (Wildman–Crippen LogP) is 4.60. The van der Waals surface area contributed by atoms with E-state index < -0.39 is 6.10 Å². The molecule has 1 aromatic carbocycles. The molecule has 2 aromatic rings. The third-order valence-corrected chi connectivity index (χ3v) is 4.22. The monoisotopic (exact) mass is 320 g/mol. The van der Waals surface area contributed by atoms with E-state index >= 15 is 0 Å². The number of thiophene rings is 1. The highest BCUT2D eigenvalue weighted by atomic mass is 32.1. The molecule has 0 aliphatic heterocycles. The average Bonchev–Trinajstić information content (AvgIpc) is 3.01. The van der Waals surface area contributed by atoms with Crippen molar-refractivity contribution in [1.82, 2.24) is 0 Å². The zero-order valence-electron chi connectivity index (χ0n) is 13.4. The van der Waals surface area contributed by atoms with Gasteiger partial charge in [-0.25, -0.2) is 0 Å². The van der Waals surface area contributed by atoms with Gasteiger partial charge in [-0.05, 0) is 62.8 Å². The molecule has 1 N–H and O–H groups in total. The fourth-order valence-corrected chi connectivity index (χ4v) is 3.00. The molecule has 0 saturated carbocycles. The van der Waals surface area contributed by atoms with Gasteiger partial charge in [0.05, 0.1) is 18.8 Å². The first-order valence-corrected chi connectivity index (χ1v) is 8.62. The van der Waals surface area contributed by atoms with E-state index in [-0.39, 0.29) is 6.10 Å². The molecular formula is C18H24O3S. The number of hydrogen-bond acceptors (Lipinski definition) is 4. The second kappa shape index (κ2) is 8.20. The SMILES string of the molecule is CCOc1cc(CCC(O)c2cccs2)ccc1OC(C)C. The van der Waals surface area contributed by atoms with Crippen LogP contribution >= 0.6 is 11.3 Å². The maximum Gasteiger partial charge on any atom is 0.161 e. The van der Waals surface area contributed by atoms with Gasteiger partial charge >= 0.3 is 0 Å². The highest BCUT2D eigenvalue weighted by Gasteiger charge is 2.11. The molecule has 0 radical (unpaired) electrons. The number of hydrogen-bond donors (Lipinski definition) is 1. The van der Waals surface area contributed by atoms with E-state index in [1.54, 1.807) is 11.3 Å². The minimum atomic E-state index is -0.401. The van der Waals surface area contributed by atoms with E-state index in [1.807, 2.05) is 56.5 Å². The number of rotatable bonds is 8. The molecule has 0 saturated heterocycles. The van der Waals surface area contributed by atoms with Gasteiger partial charge in [-0.1, -0.05) is 12.1 Å². The van der Waals surface area contributed by atoms with Crippen molar-refractivity contribution in [3.8, 4) is 11.5 Å². The largest absolute Gasteiger partial charge is 0.490 e. The summed E-state index contributed by atoms with van der Waals surface area (Å²) in [7, 11) is 0.